The summed E-state index contributed by atoms with van der Waals surface area (Å²) in [5.74, 6) is -2.09. The van der Waals surface area contributed by atoms with E-state index in [-0.39, 0.29) is 29.5 Å². The van der Waals surface area contributed by atoms with Crippen LogP contribution in [0.4, 0.5) is 4.39 Å². The molecule has 4 nitrogen and oxygen atoms in total. The van der Waals surface area contributed by atoms with E-state index in [2.05, 4.69) is 5.32 Å². The second kappa shape index (κ2) is 6.35. The molecule has 98 valence electrons. The molecule has 1 amide bonds. The lowest BCUT2D eigenvalue weighted by Crippen LogP contribution is -2.29. The van der Waals surface area contributed by atoms with Crippen LogP contribution in [0.1, 0.15) is 23.7 Å². The van der Waals surface area contributed by atoms with Crippen molar-refractivity contribution in [3.63, 3.8) is 0 Å². The third-order valence-corrected chi connectivity index (χ3v) is 2.61. The van der Waals surface area contributed by atoms with E-state index in [1.54, 1.807) is 6.92 Å². The van der Waals surface area contributed by atoms with Crippen LogP contribution in [-0.4, -0.2) is 23.5 Å². The molecule has 18 heavy (non-hydrogen) atoms. The highest BCUT2D eigenvalue weighted by Crippen LogP contribution is 2.15. The van der Waals surface area contributed by atoms with Gasteiger partial charge < -0.3 is 10.4 Å². The first-order valence-electron chi connectivity index (χ1n) is 5.35. The number of aliphatic carboxylic acids is 1. The summed E-state index contributed by atoms with van der Waals surface area (Å²) in [7, 11) is 0. The van der Waals surface area contributed by atoms with Crippen LogP contribution in [0.5, 0.6) is 0 Å². The molecule has 2 N–H and O–H groups in total. The first kappa shape index (κ1) is 14.4. The minimum atomic E-state index is -0.915. The lowest BCUT2D eigenvalue weighted by atomic mass is 10.1. The molecule has 0 fully saturated rings. The molecule has 0 aliphatic heterocycles. The van der Waals surface area contributed by atoms with Gasteiger partial charge in [-0.05, 0) is 24.1 Å². The van der Waals surface area contributed by atoms with Crippen molar-refractivity contribution in [3.8, 4) is 0 Å². The Hall–Kier alpha value is -1.62. The highest BCUT2D eigenvalue weighted by molar-refractivity contribution is 6.31. The Morgan fingerprint density at radius 3 is 2.72 bits per heavy atom. The minimum Gasteiger partial charge on any atom is -0.481 e. The van der Waals surface area contributed by atoms with Crippen molar-refractivity contribution in [1.29, 1.82) is 0 Å². The average molecular weight is 274 g/mol. The average Bonchev–Trinajstić information content (AvgIpc) is 2.28. The summed E-state index contributed by atoms with van der Waals surface area (Å²) in [6.45, 7) is 1.95. The Labute approximate surface area is 109 Å². The van der Waals surface area contributed by atoms with Gasteiger partial charge in [0.25, 0.3) is 5.91 Å². The number of carboxylic acids is 1. The standard InChI is InChI=1S/C12H13ClFNO3/c1-7(4-11(16)17)6-15-12(18)8-2-3-10(14)9(13)5-8/h2-3,5,7H,4,6H2,1H3,(H,15,18)(H,16,17). The Balaban J connectivity index is 2.55. The Morgan fingerprint density at radius 1 is 1.50 bits per heavy atom. The van der Waals surface area contributed by atoms with Crippen LogP contribution in [0.2, 0.25) is 5.02 Å². The molecule has 1 unspecified atom stereocenters. The van der Waals surface area contributed by atoms with Crippen molar-refractivity contribution in [1.82, 2.24) is 5.32 Å². The van der Waals surface area contributed by atoms with Gasteiger partial charge in [0, 0.05) is 18.5 Å². The fourth-order valence-corrected chi connectivity index (χ4v) is 1.56. The molecule has 0 radical (unpaired) electrons. The van der Waals surface area contributed by atoms with Gasteiger partial charge in [0.05, 0.1) is 5.02 Å². The molecule has 1 aromatic carbocycles. The van der Waals surface area contributed by atoms with Gasteiger partial charge in [-0.25, -0.2) is 4.39 Å². The third-order valence-electron chi connectivity index (χ3n) is 2.32. The van der Waals surface area contributed by atoms with Crippen LogP contribution in [0, 0.1) is 11.7 Å². The van der Waals surface area contributed by atoms with E-state index in [1.807, 2.05) is 0 Å². The summed E-state index contributed by atoms with van der Waals surface area (Å²) in [6, 6.07) is 3.66. The van der Waals surface area contributed by atoms with Crippen molar-refractivity contribution in [2.24, 2.45) is 5.92 Å². The fraction of sp³-hybridized carbons (Fsp3) is 0.333. The molecule has 1 rings (SSSR count). The zero-order valence-electron chi connectivity index (χ0n) is 9.74. The van der Waals surface area contributed by atoms with E-state index in [4.69, 9.17) is 16.7 Å². The number of carboxylic acid groups (broad SMARTS) is 1. The summed E-state index contributed by atoms with van der Waals surface area (Å²) in [5, 5.41) is 11.0. The highest BCUT2D eigenvalue weighted by atomic mass is 35.5. The predicted molar refractivity (Wildman–Crippen MR) is 65.2 cm³/mol. The van der Waals surface area contributed by atoms with Crippen LogP contribution < -0.4 is 5.32 Å². The molecular formula is C12H13ClFNO3. The summed E-state index contributed by atoms with van der Waals surface area (Å²) in [6.07, 6.45) is -0.0234. The van der Waals surface area contributed by atoms with Crippen molar-refractivity contribution >= 4 is 23.5 Å². The predicted octanol–water partition coefficient (Wildman–Crippen LogP) is 2.32. The zero-order valence-corrected chi connectivity index (χ0v) is 10.5. The van der Waals surface area contributed by atoms with Crippen molar-refractivity contribution < 1.29 is 19.1 Å². The molecule has 0 heterocycles. The zero-order chi connectivity index (χ0) is 13.7. The second-order valence-electron chi connectivity index (χ2n) is 4.04. The lowest BCUT2D eigenvalue weighted by molar-refractivity contribution is -0.137. The molecule has 0 aliphatic rings. The molecule has 6 heteroatoms. The normalized spacial score (nSPS) is 11.9. The number of carbonyl (C=O) groups excluding carboxylic acids is 1. The van der Waals surface area contributed by atoms with Crippen LogP contribution >= 0.6 is 11.6 Å². The molecule has 0 aromatic heterocycles. The molecular weight excluding hydrogens is 261 g/mol. The first-order chi connectivity index (χ1) is 8.40. The van der Waals surface area contributed by atoms with Crippen molar-refractivity contribution in [3.05, 3.63) is 34.6 Å². The number of amides is 1. The number of nitrogens with one attached hydrogen (secondary N) is 1. The Bertz CT molecular complexity index is 465. The number of rotatable bonds is 5. The molecule has 0 spiro atoms. The summed E-state index contributed by atoms with van der Waals surface area (Å²) in [5.41, 5.74) is 0.240. The van der Waals surface area contributed by atoms with Gasteiger partial charge in [0.15, 0.2) is 0 Å². The molecule has 1 atom stereocenters. The lowest BCUT2D eigenvalue weighted by Gasteiger charge is -2.10. The van der Waals surface area contributed by atoms with E-state index in [0.717, 1.165) is 6.07 Å². The van der Waals surface area contributed by atoms with Crippen LogP contribution in [0.25, 0.3) is 0 Å². The third kappa shape index (κ3) is 4.33. The number of hydrogen-bond acceptors (Lipinski definition) is 2. The van der Waals surface area contributed by atoms with Crippen LogP contribution in [0.3, 0.4) is 0 Å². The largest absolute Gasteiger partial charge is 0.481 e. The number of benzene rings is 1. The smallest absolute Gasteiger partial charge is 0.303 e. The fourth-order valence-electron chi connectivity index (χ4n) is 1.38. The second-order valence-corrected chi connectivity index (χ2v) is 4.45. The van der Waals surface area contributed by atoms with Gasteiger partial charge in [-0.2, -0.15) is 0 Å². The maximum atomic E-state index is 12.9. The maximum absolute atomic E-state index is 12.9. The SMILES string of the molecule is CC(CNC(=O)c1ccc(F)c(Cl)c1)CC(=O)O. The van der Waals surface area contributed by atoms with Crippen LogP contribution in [0.15, 0.2) is 18.2 Å². The van der Waals surface area contributed by atoms with Crippen molar-refractivity contribution in [2.45, 2.75) is 13.3 Å². The molecule has 0 saturated carbocycles. The van der Waals surface area contributed by atoms with Crippen LogP contribution in [-0.2, 0) is 4.79 Å². The topological polar surface area (TPSA) is 66.4 Å². The maximum Gasteiger partial charge on any atom is 0.303 e. The van der Waals surface area contributed by atoms with Gasteiger partial charge in [-0.1, -0.05) is 18.5 Å². The first-order valence-corrected chi connectivity index (χ1v) is 5.73. The Kier molecular flexibility index (Phi) is 5.09. The monoisotopic (exact) mass is 273 g/mol. The molecule has 0 saturated heterocycles. The molecule has 1 aromatic rings. The van der Waals surface area contributed by atoms with E-state index in [0.29, 0.717) is 0 Å². The Morgan fingerprint density at radius 2 is 2.17 bits per heavy atom. The van der Waals surface area contributed by atoms with Gasteiger partial charge in [-0.15, -0.1) is 0 Å². The quantitative estimate of drug-likeness (QED) is 0.865. The van der Waals surface area contributed by atoms with E-state index in [1.165, 1.54) is 12.1 Å². The number of carbonyl (C=O) groups is 2. The molecule has 0 aliphatic carbocycles. The van der Waals surface area contributed by atoms with E-state index >= 15 is 0 Å². The van der Waals surface area contributed by atoms with Gasteiger partial charge in [0.1, 0.15) is 5.82 Å². The summed E-state index contributed by atoms with van der Waals surface area (Å²) < 4.78 is 12.9. The highest BCUT2D eigenvalue weighted by Gasteiger charge is 2.11. The van der Waals surface area contributed by atoms with E-state index < -0.39 is 17.7 Å². The summed E-state index contributed by atoms with van der Waals surface area (Å²) in [4.78, 5) is 22.1. The van der Waals surface area contributed by atoms with Gasteiger partial charge in [0.2, 0.25) is 0 Å². The van der Waals surface area contributed by atoms with Gasteiger partial charge in [-0.3, -0.25) is 9.59 Å². The van der Waals surface area contributed by atoms with Crippen molar-refractivity contribution in [2.75, 3.05) is 6.54 Å². The number of halogens is 2. The summed E-state index contributed by atoms with van der Waals surface area (Å²) >= 11 is 5.56. The van der Waals surface area contributed by atoms with E-state index in [9.17, 15) is 14.0 Å². The molecule has 0 bridgehead atoms. The minimum absolute atomic E-state index is 0.0234. The number of hydrogen-bond donors (Lipinski definition) is 2. The van der Waals surface area contributed by atoms with Gasteiger partial charge >= 0.3 is 5.97 Å².